The Morgan fingerprint density at radius 2 is 2.07 bits per heavy atom. The SMILES string of the molecule is CC(=O)N1CCCc2cc(S(=O)(=O)Nc3cccc4nc(C)oc34)ccc21. The summed E-state index contributed by atoms with van der Waals surface area (Å²) in [5.74, 6) is 0.423. The predicted molar refractivity (Wildman–Crippen MR) is 102 cm³/mol. The van der Waals surface area contributed by atoms with Crippen molar-refractivity contribution in [2.45, 2.75) is 31.6 Å². The van der Waals surface area contributed by atoms with Crippen molar-refractivity contribution in [3.8, 4) is 0 Å². The highest BCUT2D eigenvalue weighted by molar-refractivity contribution is 7.92. The Hall–Kier alpha value is -2.87. The summed E-state index contributed by atoms with van der Waals surface area (Å²) < 4.78 is 33.9. The molecule has 0 radical (unpaired) electrons. The van der Waals surface area contributed by atoms with Crippen molar-refractivity contribution in [1.82, 2.24) is 4.98 Å². The Labute approximate surface area is 157 Å². The first-order valence-electron chi connectivity index (χ1n) is 8.65. The number of aryl methyl sites for hydroxylation is 2. The summed E-state index contributed by atoms with van der Waals surface area (Å²) in [5, 5.41) is 0. The molecule has 0 fully saturated rings. The zero-order valence-corrected chi connectivity index (χ0v) is 15.8. The van der Waals surface area contributed by atoms with Crippen molar-refractivity contribution in [2.24, 2.45) is 0 Å². The van der Waals surface area contributed by atoms with Gasteiger partial charge in [-0.25, -0.2) is 13.4 Å². The lowest BCUT2D eigenvalue weighted by atomic mass is 10.0. The van der Waals surface area contributed by atoms with E-state index in [-0.39, 0.29) is 10.8 Å². The molecular weight excluding hydrogens is 366 g/mol. The second kappa shape index (κ2) is 6.38. The zero-order valence-electron chi connectivity index (χ0n) is 15.0. The van der Waals surface area contributed by atoms with E-state index < -0.39 is 10.0 Å². The van der Waals surface area contributed by atoms with Crippen LogP contribution in [-0.2, 0) is 21.2 Å². The zero-order chi connectivity index (χ0) is 19.2. The number of oxazole rings is 1. The standard InChI is InChI=1S/C19H19N3O4S/c1-12-20-16-6-3-7-17(19(16)26-12)21-27(24,25)15-8-9-18-14(11-15)5-4-10-22(18)13(2)23/h3,6-9,11,21H,4-5,10H2,1-2H3. The van der Waals surface area contributed by atoms with Crippen LogP contribution >= 0.6 is 0 Å². The van der Waals surface area contributed by atoms with E-state index in [4.69, 9.17) is 4.42 Å². The maximum atomic E-state index is 12.9. The summed E-state index contributed by atoms with van der Waals surface area (Å²) in [5.41, 5.74) is 2.97. The molecule has 140 valence electrons. The molecule has 1 aromatic heterocycles. The highest BCUT2D eigenvalue weighted by atomic mass is 32.2. The van der Waals surface area contributed by atoms with Crippen LogP contribution in [0.1, 0.15) is 24.8 Å². The van der Waals surface area contributed by atoms with Crippen LogP contribution in [0.25, 0.3) is 11.1 Å². The van der Waals surface area contributed by atoms with Gasteiger partial charge in [0.25, 0.3) is 10.0 Å². The highest BCUT2D eigenvalue weighted by Gasteiger charge is 2.24. The molecule has 8 heteroatoms. The molecule has 0 unspecified atom stereocenters. The summed E-state index contributed by atoms with van der Waals surface area (Å²) in [6.45, 7) is 3.88. The molecular formula is C19H19N3O4S. The number of hydrogen-bond acceptors (Lipinski definition) is 5. The number of benzene rings is 2. The van der Waals surface area contributed by atoms with Crippen molar-refractivity contribution < 1.29 is 17.6 Å². The lowest BCUT2D eigenvalue weighted by molar-refractivity contribution is -0.116. The number of rotatable bonds is 3. The second-order valence-electron chi connectivity index (χ2n) is 6.56. The van der Waals surface area contributed by atoms with Crippen molar-refractivity contribution in [2.75, 3.05) is 16.2 Å². The molecule has 1 amide bonds. The summed E-state index contributed by atoms with van der Waals surface area (Å²) >= 11 is 0. The average Bonchev–Trinajstić information content (AvgIpc) is 3.01. The largest absolute Gasteiger partial charge is 0.439 e. The molecule has 2 heterocycles. The van der Waals surface area contributed by atoms with Gasteiger partial charge in [-0.1, -0.05) is 6.07 Å². The van der Waals surface area contributed by atoms with E-state index in [1.165, 1.54) is 13.0 Å². The molecule has 0 atom stereocenters. The molecule has 0 aliphatic carbocycles. The number of sulfonamides is 1. The number of carbonyl (C=O) groups excluding carboxylic acids is 1. The maximum Gasteiger partial charge on any atom is 0.262 e. The van der Waals surface area contributed by atoms with Gasteiger partial charge in [-0.3, -0.25) is 9.52 Å². The molecule has 0 bridgehead atoms. The number of para-hydroxylation sites is 1. The first-order valence-corrected chi connectivity index (χ1v) is 10.1. The van der Waals surface area contributed by atoms with Crippen LogP contribution in [0.3, 0.4) is 0 Å². The number of fused-ring (bicyclic) bond motifs is 2. The van der Waals surface area contributed by atoms with Crippen LogP contribution in [-0.4, -0.2) is 25.9 Å². The number of nitrogens with one attached hydrogen (secondary N) is 1. The molecule has 27 heavy (non-hydrogen) atoms. The van der Waals surface area contributed by atoms with E-state index in [2.05, 4.69) is 9.71 Å². The van der Waals surface area contributed by atoms with E-state index in [1.807, 2.05) is 0 Å². The van der Waals surface area contributed by atoms with Gasteiger partial charge >= 0.3 is 0 Å². The van der Waals surface area contributed by atoms with Gasteiger partial charge in [-0.15, -0.1) is 0 Å². The minimum atomic E-state index is -3.81. The van der Waals surface area contributed by atoms with Gasteiger partial charge in [-0.2, -0.15) is 0 Å². The summed E-state index contributed by atoms with van der Waals surface area (Å²) in [4.78, 5) is 17.8. The first kappa shape index (κ1) is 17.5. The fourth-order valence-corrected chi connectivity index (χ4v) is 4.52. The molecule has 1 aliphatic heterocycles. The lowest BCUT2D eigenvalue weighted by Gasteiger charge is -2.28. The number of anilines is 2. The quantitative estimate of drug-likeness (QED) is 0.747. The Kier molecular flexibility index (Phi) is 4.15. The van der Waals surface area contributed by atoms with E-state index in [0.29, 0.717) is 29.2 Å². The molecule has 0 spiro atoms. The van der Waals surface area contributed by atoms with Gasteiger partial charge in [0.05, 0.1) is 10.6 Å². The fourth-order valence-electron chi connectivity index (χ4n) is 3.41. The lowest BCUT2D eigenvalue weighted by Crippen LogP contribution is -2.33. The van der Waals surface area contributed by atoms with Crippen LogP contribution in [0.15, 0.2) is 45.7 Å². The molecule has 1 aliphatic rings. The van der Waals surface area contributed by atoms with Gasteiger partial charge < -0.3 is 9.32 Å². The van der Waals surface area contributed by atoms with E-state index in [1.54, 1.807) is 42.2 Å². The fraction of sp³-hybridized carbons (Fsp3) is 0.263. The van der Waals surface area contributed by atoms with E-state index in [0.717, 1.165) is 24.1 Å². The van der Waals surface area contributed by atoms with Crippen molar-refractivity contribution in [3.63, 3.8) is 0 Å². The topological polar surface area (TPSA) is 92.5 Å². The molecule has 3 aromatic rings. The molecule has 4 rings (SSSR count). The third-order valence-electron chi connectivity index (χ3n) is 4.63. The van der Waals surface area contributed by atoms with Gasteiger partial charge in [0.15, 0.2) is 11.5 Å². The van der Waals surface area contributed by atoms with E-state index >= 15 is 0 Å². The Morgan fingerprint density at radius 1 is 1.26 bits per heavy atom. The minimum Gasteiger partial charge on any atom is -0.439 e. The Balaban J connectivity index is 1.71. The van der Waals surface area contributed by atoms with Crippen LogP contribution < -0.4 is 9.62 Å². The van der Waals surface area contributed by atoms with E-state index in [9.17, 15) is 13.2 Å². The highest BCUT2D eigenvalue weighted by Crippen LogP contribution is 2.31. The van der Waals surface area contributed by atoms with Gasteiger partial charge in [0, 0.05) is 26.1 Å². The summed E-state index contributed by atoms with van der Waals surface area (Å²) in [6.07, 6.45) is 1.54. The number of hydrogen-bond donors (Lipinski definition) is 1. The second-order valence-corrected chi connectivity index (χ2v) is 8.24. The normalized spacial score (nSPS) is 14.2. The Bertz CT molecular complexity index is 1150. The third-order valence-corrected chi connectivity index (χ3v) is 5.99. The van der Waals surface area contributed by atoms with Crippen molar-refractivity contribution >= 4 is 38.4 Å². The van der Waals surface area contributed by atoms with Gasteiger partial charge in [0.1, 0.15) is 5.52 Å². The number of carbonyl (C=O) groups is 1. The molecule has 7 nitrogen and oxygen atoms in total. The smallest absolute Gasteiger partial charge is 0.262 e. The molecule has 2 aromatic carbocycles. The minimum absolute atomic E-state index is 0.0444. The number of amides is 1. The van der Waals surface area contributed by atoms with Crippen molar-refractivity contribution in [3.05, 3.63) is 47.9 Å². The Morgan fingerprint density at radius 3 is 2.85 bits per heavy atom. The third kappa shape index (κ3) is 3.16. The van der Waals surface area contributed by atoms with Crippen LogP contribution in [0.5, 0.6) is 0 Å². The number of nitrogens with zero attached hydrogens (tertiary/aromatic N) is 2. The average molecular weight is 385 g/mol. The van der Waals surface area contributed by atoms with Crippen LogP contribution in [0.4, 0.5) is 11.4 Å². The van der Waals surface area contributed by atoms with Crippen molar-refractivity contribution in [1.29, 1.82) is 0 Å². The molecule has 1 N–H and O–H groups in total. The van der Waals surface area contributed by atoms with Crippen LogP contribution in [0.2, 0.25) is 0 Å². The number of aromatic nitrogens is 1. The summed E-state index contributed by atoms with van der Waals surface area (Å²) in [6, 6.07) is 9.98. The van der Waals surface area contributed by atoms with Gasteiger partial charge in [0.2, 0.25) is 5.91 Å². The van der Waals surface area contributed by atoms with Gasteiger partial charge in [-0.05, 0) is 48.7 Å². The maximum absolute atomic E-state index is 12.9. The van der Waals surface area contributed by atoms with Crippen LogP contribution in [0, 0.1) is 6.92 Å². The molecule has 0 saturated carbocycles. The molecule has 0 saturated heterocycles. The monoisotopic (exact) mass is 385 g/mol. The summed E-state index contributed by atoms with van der Waals surface area (Å²) in [7, 11) is -3.81. The predicted octanol–water partition coefficient (Wildman–Crippen LogP) is 3.24. The first-order chi connectivity index (χ1) is 12.8.